The second-order valence-electron chi connectivity index (χ2n) is 8.04. The average Bonchev–Trinajstić information content (AvgIpc) is 2.78. The van der Waals surface area contributed by atoms with Gasteiger partial charge in [-0.15, -0.1) is 0 Å². The van der Waals surface area contributed by atoms with E-state index < -0.39 is 5.97 Å². The number of amides is 1. The molecule has 0 aliphatic carbocycles. The Morgan fingerprint density at radius 3 is 2.68 bits per heavy atom. The first-order valence-corrected chi connectivity index (χ1v) is 10.5. The Kier molecular flexibility index (Phi) is 5.84. The van der Waals surface area contributed by atoms with Gasteiger partial charge in [0.2, 0.25) is 0 Å². The van der Waals surface area contributed by atoms with Crippen LogP contribution in [-0.2, 0) is 4.74 Å². The molecule has 4 rings (SSSR count). The number of nitrogens with one attached hydrogen (secondary N) is 1. The van der Waals surface area contributed by atoms with E-state index in [0.29, 0.717) is 34.1 Å². The highest BCUT2D eigenvalue weighted by Gasteiger charge is 2.25. The lowest BCUT2D eigenvalue weighted by atomic mass is 9.98. The van der Waals surface area contributed by atoms with Gasteiger partial charge in [0.05, 0.1) is 23.9 Å². The van der Waals surface area contributed by atoms with Crippen molar-refractivity contribution in [1.82, 2.24) is 14.9 Å². The fraction of sp³-hybridized carbons (Fsp3) is 0.333. The van der Waals surface area contributed by atoms with Crippen molar-refractivity contribution in [2.75, 3.05) is 25.5 Å². The summed E-state index contributed by atoms with van der Waals surface area (Å²) in [6, 6.07) is 10.8. The second kappa shape index (κ2) is 8.71. The first-order chi connectivity index (χ1) is 15.0. The van der Waals surface area contributed by atoms with Crippen molar-refractivity contribution in [3.63, 3.8) is 0 Å². The Hall–Kier alpha value is -3.48. The molecule has 1 amide bonds. The van der Waals surface area contributed by atoms with Crippen LogP contribution in [0.25, 0.3) is 11.0 Å². The van der Waals surface area contributed by atoms with E-state index in [4.69, 9.17) is 4.74 Å². The van der Waals surface area contributed by atoms with Gasteiger partial charge in [0.15, 0.2) is 5.65 Å². The molecule has 1 saturated heterocycles. The van der Waals surface area contributed by atoms with Crippen LogP contribution in [0.3, 0.4) is 0 Å². The fourth-order valence-corrected chi connectivity index (χ4v) is 3.84. The molecule has 2 aromatic heterocycles. The molecule has 7 heteroatoms. The lowest BCUT2D eigenvalue weighted by Crippen LogP contribution is -2.38. The highest BCUT2D eigenvalue weighted by atomic mass is 16.5. The van der Waals surface area contributed by atoms with Crippen LogP contribution in [0.1, 0.15) is 46.2 Å². The lowest BCUT2D eigenvalue weighted by Gasteiger charge is -2.31. The highest BCUT2D eigenvalue weighted by Crippen LogP contribution is 2.31. The number of methoxy groups -OCH3 is 1. The van der Waals surface area contributed by atoms with E-state index in [1.807, 2.05) is 30.0 Å². The fourth-order valence-electron chi connectivity index (χ4n) is 3.84. The maximum absolute atomic E-state index is 13.4. The predicted octanol–water partition coefficient (Wildman–Crippen LogP) is 4.34. The number of ether oxygens (including phenoxy) is 1. The van der Waals surface area contributed by atoms with Crippen LogP contribution in [0.15, 0.2) is 42.6 Å². The van der Waals surface area contributed by atoms with Crippen LogP contribution in [0.4, 0.5) is 11.4 Å². The van der Waals surface area contributed by atoms with Gasteiger partial charge in [-0.1, -0.05) is 13.0 Å². The number of aryl methyl sites for hydroxylation is 1. The van der Waals surface area contributed by atoms with Crippen LogP contribution < -0.4 is 5.32 Å². The number of pyridine rings is 2. The number of benzene rings is 1. The molecule has 0 bridgehead atoms. The number of aromatic nitrogens is 2. The Bertz CT molecular complexity index is 1140. The van der Waals surface area contributed by atoms with E-state index >= 15 is 0 Å². The largest absolute Gasteiger partial charge is 0.465 e. The molecule has 0 saturated carbocycles. The maximum atomic E-state index is 13.4. The molecule has 1 aliphatic heterocycles. The van der Waals surface area contributed by atoms with Gasteiger partial charge in [-0.3, -0.25) is 4.79 Å². The number of piperidine rings is 1. The first kappa shape index (κ1) is 20.8. The molecule has 1 N–H and O–H groups in total. The van der Waals surface area contributed by atoms with Gasteiger partial charge < -0.3 is 15.0 Å². The minimum atomic E-state index is -0.417. The molecule has 1 fully saturated rings. The topological polar surface area (TPSA) is 84.4 Å². The predicted molar refractivity (Wildman–Crippen MR) is 120 cm³/mol. The summed E-state index contributed by atoms with van der Waals surface area (Å²) in [7, 11) is 1.35. The zero-order chi connectivity index (χ0) is 22.0. The van der Waals surface area contributed by atoms with E-state index in [9.17, 15) is 9.59 Å². The molecule has 1 aliphatic rings. The quantitative estimate of drug-likeness (QED) is 0.635. The number of nitrogens with zero attached hydrogens (tertiary/aromatic N) is 3. The first-order valence-electron chi connectivity index (χ1n) is 10.5. The highest BCUT2D eigenvalue weighted by molar-refractivity contribution is 6.07. The van der Waals surface area contributed by atoms with Crippen LogP contribution >= 0.6 is 0 Å². The van der Waals surface area contributed by atoms with Crippen LogP contribution in [0, 0.1) is 12.8 Å². The number of fused-ring (bicyclic) bond motifs is 1. The van der Waals surface area contributed by atoms with Gasteiger partial charge in [-0.05, 0) is 56.0 Å². The summed E-state index contributed by atoms with van der Waals surface area (Å²) in [6.45, 7) is 5.60. The minimum Gasteiger partial charge on any atom is -0.465 e. The zero-order valence-corrected chi connectivity index (χ0v) is 18.0. The van der Waals surface area contributed by atoms with Crippen molar-refractivity contribution < 1.29 is 14.3 Å². The summed E-state index contributed by atoms with van der Waals surface area (Å²) < 4.78 is 4.83. The standard InChI is InChI=1S/C24H26N4O3/c1-15-9-11-28(12-10-15)23(29)20-14-25-22-19(8-7-16(2)26-22)21(20)27-18-6-4-5-17(13-18)24(30)31-3/h4-8,13-15H,9-12H2,1-3H3,(H,25,26,27). The Balaban J connectivity index is 1.77. The van der Waals surface area contributed by atoms with Gasteiger partial charge in [-0.2, -0.15) is 0 Å². The van der Waals surface area contributed by atoms with Crippen molar-refractivity contribution in [2.45, 2.75) is 26.7 Å². The number of esters is 1. The summed E-state index contributed by atoms with van der Waals surface area (Å²) in [5.41, 5.74) is 3.66. The SMILES string of the molecule is COC(=O)c1cccc(Nc2c(C(=O)N3CCC(C)CC3)cnc3nc(C)ccc23)c1. The number of carbonyl (C=O) groups is 2. The molecular formula is C24H26N4O3. The molecular weight excluding hydrogens is 392 g/mol. The third-order valence-corrected chi connectivity index (χ3v) is 5.72. The Morgan fingerprint density at radius 1 is 1.16 bits per heavy atom. The average molecular weight is 418 g/mol. The number of carbonyl (C=O) groups excluding carboxylic acids is 2. The molecule has 0 unspecified atom stereocenters. The minimum absolute atomic E-state index is 0.0477. The number of likely N-dealkylation sites (tertiary alicyclic amines) is 1. The van der Waals surface area contributed by atoms with Crippen molar-refractivity contribution in [2.24, 2.45) is 5.92 Å². The number of hydrogen-bond acceptors (Lipinski definition) is 6. The van der Waals surface area contributed by atoms with Gasteiger partial charge in [0, 0.05) is 36.1 Å². The summed E-state index contributed by atoms with van der Waals surface area (Å²) >= 11 is 0. The Morgan fingerprint density at radius 2 is 1.94 bits per heavy atom. The lowest BCUT2D eigenvalue weighted by molar-refractivity contribution is 0.0600. The molecule has 0 atom stereocenters. The summed E-state index contributed by atoms with van der Waals surface area (Å²) in [5, 5.41) is 4.10. The van der Waals surface area contributed by atoms with E-state index in [-0.39, 0.29) is 5.91 Å². The molecule has 0 radical (unpaired) electrons. The number of rotatable bonds is 4. The van der Waals surface area contributed by atoms with E-state index in [1.165, 1.54) is 7.11 Å². The third-order valence-electron chi connectivity index (χ3n) is 5.72. The van der Waals surface area contributed by atoms with E-state index in [0.717, 1.165) is 37.0 Å². The zero-order valence-electron chi connectivity index (χ0n) is 18.0. The summed E-state index contributed by atoms with van der Waals surface area (Å²) in [4.78, 5) is 36.2. The van der Waals surface area contributed by atoms with Crippen molar-refractivity contribution >= 4 is 34.3 Å². The molecule has 3 aromatic rings. The van der Waals surface area contributed by atoms with Crippen LogP contribution in [0.2, 0.25) is 0 Å². The monoisotopic (exact) mass is 418 g/mol. The van der Waals surface area contributed by atoms with Gasteiger partial charge in [0.1, 0.15) is 0 Å². The third kappa shape index (κ3) is 4.35. The maximum Gasteiger partial charge on any atom is 0.337 e. The van der Waals surface area contributed by atoms with Gasteiger partial charge in [-0.25, -0.2) is 14.8 Å². The van der Waals surface area contributed by atoms with Gasteiger partial charge in [0.25, 0.3) is 5.91 Å². The van der Waals surface area contributed by atoms with Crippen molar-refractivity contribution in [3.8, 4) is 0 Å². The Labute approximate surface area is 181 Å². The van der Waals surface area contributed by atoms with Crippen molar-refractivity contribution in [1.29, 1.82) is 0 Å². The molecule has 1 aromatic carbocycles. The molecule has 7 nitrogen and oxygen atoms in total. The van der Waals surface area contributed by atoms with Gasteiger partial charge >= 0.3 is 5.97 Å². The van der Waals surface area contributed by atoms with E-state index in [1.54, 1.807) is 24.4 Å². The molecule has 160 valence electrons. The smallest absolute Gasteiger partial charge is 0.337 e. The molecule has 3 heterocycles. The van der Waals surface area contributed by atoms with Crippen LogP contribution in [-0.4, -0.2) is 46.9 Å². The number of anilines is 2. The second-order valence-corrected chi connectivity index (χ2v) is 8.04. The number of hydrogen-bond donors (Lipinski definition) is 1. The van der Waals surface area contributed by atoms with Crippen molar-refractivity contribution in [3.05, 3.63) is 59.4 Å². The van der Waals surface area contributed by atoms with E-state index in [2.05, 4.69) is 22.2 Å². The normalized spacial score (nSPS) is 14.5. The summed E-state index contributed by atoms with van der Waals surface area (Å²) in [5.74, 6) is 0.164. The summed E-state index contributed by atoms with van der Waals surface area (Å²) in [6.07, 6.45) is 3.59. The molecule has 0 spiro atoms. The molecule has 31 heavy (non-hydrogen) atoms. The van der Waals surface area contributed by atoms with Crippen LogP contribution in [0.5, 0.6) is 0 Å².